The van der Waals surface area contributed by atoms with Crippen LogP contribution in [0.4, 0.5) is 34.1 Å². The summed E-state index contributed by atoms with van der Waals surface area (Å²) in [5.74, 6) is 1.74. The molecule has 0 atom stereocenters. The molecule has 0 amide bonds. The van der Waals surface area contributed by atoms with Gasteiger partial charge in [0.2, 0.25) is 0 Å². The molecule has 2 aliphatic rings. The molecule has 0 fully saturated rings. The number of fused-ring (bicyclic) bond motifs is 14. The van der Waals surface area contributed by atoms with Crippen molar-refractivity contribution in [3.63, 3.8) is 0 Å². The molecule has 0 radical (unpaired) electrons. The van der Waals surface area contributed by atoms with E-state index in [0.29, 0.717) is 0 Å². The molecule has 1 aliphatic carbocycles. The predicted molar refractivity (Wildman–Crippen MR) is 275 cm³/mol. The highest BCUT2D eigenvalue weighted by molar-refractivity contribution is 6.11. The molecule has 11 aromatic carbocycles. The molecule has 0 saturated carbocycles. The molecule has 12 aromatic rings. The molecule has 1 spiro atoms. The summed E-state index contributed by atoms with van der Waals surface area (Å²) in [4.78, 5) is 4.75. The molecule has 14 rings (SSSR count). The van der Waals surface area contributed by atoms with E-state index in [2.05, 4.69) is 252 Å². The van der Waals surface area contributed by atoms with Gasteiger partial charge in [0.15, 0.2) is 0 Å². The van der Waals surface area contributed by atoms with Gasteiger partial charge < -0.3 is 19.0 Å². The van der Waals surface area contributed by atoms with Crippen molar-refractivity contribution in [1.82, 2.24) is 0 Å². The molecule has 0 N–H and O–H groups in total. The number of anilines is 6. The van der Waals surface area contributed by atoms with Gasteiger partial charge in [-0.3, -0.25) is 0 Å². The van der Waals surface area contributed by atoms with Crippen LogP contribution < -0.4 is 14.5 Å². The zero-order chi connectivity index (χ0) is 44.1. The second kappa shape index (κ2) is 14.6. The zero-order valence-electron chi connectivity index (χ0n) is 36.3. The number of hydrogen-bond donors (Lipinski definition) is 0. The second-order valence-electron chi connectivity index (χ2n) is 17.7. The predicted octanol–water partition coefficient (Wildman–Crippen LogP) is 17.3. The standard InChI is InChI=1S/C63H40N2O2/c1-2-19-45(20-3-1)64(48-30-29-41-15-4-5-16-42(41)35-48)46-21-14-22-47(38-46)65(50-32-34-53-54-36-43-17-6-7-18-44(43)37-61(54)67-62(53)40-50)49-31-33-52-51-23-8-9-24-55(51)63(58(52)39-49)56-25-10-12-27-59(56)66-60-28-13-11-26-57(60)63/h1-40H. The summed E-state index contributed by atoms with van der Waals surface area (Å²) < 4.78 is 13.5. The first kappa shape index (κ1) is 37.5. The highest BCUT2D eigenvalue weighted by Gasteiger charge is 2.51. The molecule has 314 valence electrons. The summed E-state index contributed by atoms with van der Waals surface area (Å²) in [6.45, 7) is 0. The van der Waals surface area contributed by atoms with Crippen molar-refractivity contribution >= 4 is 77.6 Å². The van der Waals surface area contributed by atoms with Crippen LogP contribution in [0.3, 0.4) is 0 Å². The molecule has 0 unspecified atom stereocenters. The third-order valence-corrected chi connectivity index (χ3v) is 14.0. The normalized spacial score (nSPS) is 13.0. The highest BCUT2D eigenvalue weighted by Crippen LogP contribution is 2.62. The summed E-state index contributed by atoms with van der Waals surface area (Å²) in [6, 6.07) is 87.5. The van der Waals surface area contributed by atoms with Crippen LogP contribution in [0.2, 0.25) is 0 Å². The smallest absolute Gasteiger partial charge is 0.137 e. The monoisotopic (exact) mass is 856 g/mol. The van der Waals surface area contributed by atoms with E-state index >= 15 is 0 Å². The first-order chi connectivity index (χ1) is 33.2. The topological polar surface area (TPSA) is 28.9 Å². The van der Waals surface area contributed by atoms with Gasteiger partial charge in [0.1, 0.15) is 22.7 Å². The van der Waals surface area contributed by atoms with E-state index in [4.69, 9.17) is 9.15 Å². The minimum atomic E-state index is -0.619. The molecular weight excluding hydrogens is 817 g/mol. The van der Waals surface area contributed by atoms with E-state index in [-0.39, 0.29) is 0 Å². The Morgan fingerprint density at radius 1 is 0.284 bits per heavy atom. The molecule has 0 saturated heterocycles. The van der Waals surface area contributed by atoms with Gasteiger partial charge in [0, 0.05) is 62.1 Å². The molecule has 2 heterocycles. The van der Waals surface area contributed by atoms with Gasteiger partial charge in [-0.05, 0) is 135 Å². The average Bonchev–Trinajstić information content (AvgIpc) is 3.88. The summed E-state index contributed by atoms with van der Waals surface area (Å²) in [5.41, 5.74) is 14.5. The fourth-order valence-corrected chi connectivity index (χ4v) is 11.1. The Morgan fingerprint density at radius 2 is 0.791 bits per heavy atom. The fraction of sp³-hybridized carbons (Fsp3) is 0.0159. The summed E-state index contributed by atoms with van der Waals surface area (Å²) in [7, 11) is 0. The highest BCUT2D eigenvalue weighted by atomic mass is 16.5. The van der Waals surface area contributed by atoms with E-state index < -0.39 is 5.41 Å². The van der Waals surface area contributed by atoms with Crippen LogP contribution in [0.15, 0.2) is 247 Å². The second-order valence-corrected chi connectivity index (χ2v) is 17.7. The first-order valence-electron chi connectivity index (χ1n) is 22.9. The van der Waals surface area contributed by atoms with E-state index in [9.17, 15) is 0 Å². The van der Waals surface area contributed by atoms with Crippen LogP contribution in [0.5, 0.6) is 11.5 Å². The molecule has 4 heteroatoms. The van der Waals surface area contributed by atoms with E-state index in [1.165, 1.54) is 38.4 Å². The lowest BCUT2D eigenvalue weighted by atomic mass is 9.66. The quantitative estimate of drug-likeness (QED) is 0.167. The number of hydrogen-bond acceptors (Lipinski definition) is 4. The van der Waals surface area contributed by atoms with E-state index in [1.54, 1.807) is 0 Å². The maximum Gasteiger partial charge on any atom is 0.137 e. The van der Waals surface area contributed by atoms with E-state index in [1.807, 2.05) is 0 Å². The molecule has 0 bridgehead atoms. The van der Waals surface area contributed by atoms with Crippen LogP contribution in [0.25, 0.3) is 54.6 Å². The maximum absolute atomic E-state index is 6.77. The average molecular weight is 857 g/mol. The number of para-hydroxylation sites is 3. The van der Waals surface area contributed by atoms with Crippen molar-refractivity contribution < 1.29 is 9.15 Å². The molecule has 1 aromatic heterocycles. The zero-order valence-corrected chi connectivity index (χ0v) is 36.3. The fourth-order valence-electron chi connectivity index (χ4n) is 11.1. The van der Waals surface area contributed by atoms with Crippen LogP contribution in [0, 0.1) is 0 Å². The largest absolute Gasteiger partial charge is 0.457 e. The van der Waals surface area contributed by atoms with Crippen molar-refractivity contribution in [2.24, 2.45) is 0 Å². The minimum absolute atomic E-state index is 0.619. The SMILES string of the molecule is c1ccc(N(c2cccc(N(c3ccc4c(c3)C3(c5ccccc5Oc5ccccc53)c3ccccc3-4)c3ccc4c(c3)oc3cc5ccccc5cc34)c2)c2ccc3ccccc3c2)cc1. The Bertz CT molecular complexity index is 3900. The molecular formula is C63H40N2O2. The number of rotatable bonds is 6. The van der Waals surface area contributed by atoms with Gasteiger partial charge >= 0.3 is 0 Å². The van der Waals surface area contributed by atoms with E-state index in [0.717, 1.165) is 84.1 Å². The minimum Gasteiger partial charge on any atom is -0.457 e. The van der Waals surface area contributed by atoms with Crippen molar-refractivity contribution in [3.8, 4) is 22.6 Å². The lowest BCUT2D eigenvalue weighted by Crippen LogP contribution is -2.32. The summed E-state index contributed by atoms with van der Waals surface area (Å²) in [6.07, 6.45) is 0. The Hall–Kier alpha value is -8.86. The molecule has 4 nitrogen and oxygen atoms in total. The number of ether oxygens (including phenoxy) is 1. The molecule has 1 aliphatic heterocycles. The maximum atomic E-state index is 6.77. The van der Waals surface area contributed by atoms with Gasteiger partial charge in [-0.2, -0.15) is 0 Å². The van der Waals surface area contributed by atoms with Crippen molar-refractivity contribution in [3.05, 3.63) is 265 Å². The number of benzene rings is 11. The van der Waals surface area contributed by atoms with Crippen LogP contribution in [0.1, 0.15) is 22.3 Å². The van der Waals surface area contributed by atoms with Gasteiger partial charge in [-0.25, -0.2) is 0 Å². The molecule has 67 heavy (non-hydrogen) atoms. The number of nitrogens with zero attached hydrogens (tertiary/aromatic N) is 2. The van der Waals surface area contributed by atoms with Crippen LogP contribution in [-0.4, -0.2) is 0 Å². The van der Waals surface area contributed by atoms with Crippen molar-refractivity contribution in [2.75, 3.05) is 9.80 Å². The van der Waals surface area contributed by atoms with Gasteiger partial charge in [0.25, 0.3) is 0 Å². The summed E-state index contributed by atoms with van der Waals surface area (Å²) in [5, 5.41) is 6.94. The van der Waals surface area contributed by atoms with Crippen molar-refractivity contribution in [2.45, 2.75) is 5.41 Å². The summed E-state index contributed by atoms with van der Waals surface area (Å²) >= 11 is 0. The Kier molecular flexibility index (Phi) is 8.16. The van der Waals surface area contributed by atoms with Crippen LogP contribution >= 0.6 is 0 Å². The number of furan rings is 1. The third kappa shape index (κ3) is 5.66. The Morgan fingerprint density at radius 3 is 1.55 bits per heavy atom. The van der Waals surface area contributed by atoms with Gasteiger partial charge in [-0.1, -0.05) is 146 Å². The van der Waals surface area contributed by atoms with Crippen LogP contribution in [-0.2, 0) is 5.41 Å². The lowest BCUT2D eigenvalue weighted by molar-refractivity contribution is 0.436. The van der Waals surface area contributed by atoms with Gasteiger partial charge in [-0.15, -0.1) is 0 Å². The van der Waals surface area contributed by atoms with Gasteiger partial charge in [0.05, 0.1) is 5.41 Å². The first-order valence-corrected chi connectivity index (χ1v) is 22.9. The Labute approximate surface area is 387 Å². The third-order valence-electron chi connectivity index (χ3n) is 14.0. The lowest BCUT2D eigenvalue weighted by Gasteiger charge is -2.39. The van der Waals surface area contributed by atoms with Crippen molar-refractivity contribution in [1.29, 1.82) is 0 Å². The Balaban J connectivity index is 1.01.